The van der Waals surface area contributed by atoms with Crippen LogP contribution in [0.3, 0.4) is 0 Å². The quantitative estimate of drug-likeness (QED) is 0.754. The number of hydrogen-bond donors (Lipinski definition) is 1. The smallest absolute Gasteiger partial charge is 0.340 e. The second-order valence-electron chi connectivity index (χ2n) is 4.58. The maximum Gasteiger partial charge on any atom is 0.340 e. The van der Waals surface area contributed by atoms with Crippen molar-refractivity contribution in [1.29, 1.82) is 0 Å². The van der Waals surface area contributed by atoms with Gasteiger partial charge in [-0.2, -0.15) is 0 Å². The number of hydrogen-bond acceptors (Lipinski definition) is 5. The highest BCUT2D eigenvalue weighted by atomic mass is 32.1. The summed E-state index contributed by atoms with van der Waals surface area (Å²) in [6.07, 6.45) is 1.78. The van der Waals surface area contributed by atoms with Crippen LogP contribution in [0.15, 0.2) is 35.8 Å². The van der Waals surface area contributed by atoms with Gasteiger partial charge >= 0.3 is 5.97 Å². The van der Waals surface area contributed by atoms with E-state index in [-0.39, 0.29) is 5.91 Å². The second-order valence-corrected chi connectivity index (χ2v) is 5.50. The fourth-order valence-corrected chi connectivity index (χ4v) is 3.00. The van der Waals surface area contributed by atoms with Crippen LogP contribution in [-0.4, -0.2) is 28.4 Å². The lowest BCUT2D eigenvalue weighted by Crippen LogP contribution is -2.16. The molecular formula is C15H13N3O3S. The first-order valence-electron chi connectivity index (χ1n) is 6.52. The van der Waals surface area contributed by atoms with Crippen molar-refractivity contribution in [2.75, 3.05) is 12.4 Å². The summed E-state index contributed by atoms with van der Waals surface area (Å²) < 4.78 is 6.42. The molecule has 0 unspecified atom stereocenters. The number of nitrogens with one attached hydrogen (secondary N) is 1. The van der Waals surface area contributed by atoms with Crippen molar-refractivity contribution in [3.05, 3.63) is 52.8 Å². The van der Waals surface area contributed by atoms with Crippen LogP contribution >= 0.6 is 11.3 Å². The van der Waals surface area contributed by atoms with Crippen LogP contribution in [0.25, 0.3) is 5.65 Å². The molecular weight excluding hydrogens is 302 g/mol. The van der Waals surface area contributed by atoms with E-state index in [9.17, 15) is 9.59 Å². The van der Waals surface area contributed by atoms with Crippen LogP contribution in [0.5, 0.6) is 0 Å². The summed E-state index contributed by atoms with van der Waals surface area (Å²) in [5.41, 5.74) is 2.11. The topological polar surface area (TPSA) is 72.7 Å². The molecule has 0 spiro atoms. The Balaban J connectivity index is 1.96. The van der Waals surface area contributed by atoms with Crippen molar-refractivity contribution in [2.45, 2.75) is 6.92 Å². The van der Waals surface area contributed by atoms with E-state index in [1.54, 1.807) is 29.0 Å². The molecule has 0 atom stereocenters. The van der Waals surface area contributed by atoms with Gasteiger partial charge in [-0.05, 0) is 30.5 Å². The van der Waals surface area contributed by atoms with E-state index in [4.69, 9.17) is 4.74 Å². The van der Waals surface area contributed by atoms with Gasteiger partial charge in [-0.3, -0.25) is 9.20 Å². The first kappa shape index (κ1) is 14.3. The number of methoxy groups -OCH3 is 1. The van der Waals surface area contributed by atoms with Gasteiger partial charge in [0.15, 0.2) is 0 Å². The predicted molar refractivity (Wildman–Crippen MR) is 83.5 cm³/mol. The van der Waals surface area contributed by atoms with Gasteiger partial charge in [0.05, 0.1) is 18.4 Å². The van der Waals surface area contributed by atoms with E-state index < -0.39 is 5.97 Å². The molecule has 0 aliphatic carbocycles. The summed E-state index contributed by atoms with van der Waals surface area (Å²) in [4.78, 5) is 28.6. The molecule has 0 radical (unpaired) electrons. The number of aromatic nitrogens is 2. The molecule has 6 nitrogen and oxygen atoms in total. The van der Waals surface area contributed by atoms with E-state index in [1.807, 2.05) is 18.2 Å². The molecule has 3 heterocycles. The minimum atomic E-state index is -0.480. The monoisotopic (exact) mass is 315 g/mol. The third-order valence-corrected chi connectivity index (χ3v) is 4.05. The first-order chi connectivity index (χ1) is 10.6. The maximum absolute atomic E-state index is 12.6. The van der Waals surface area contributed by atoms with Crippen molar-refractivity contribution < 1.29 is 14.3 Å². The predicted octanol–water partition coefficient (Wildman–Crippen LogP) is 2.74. The van der Waals surface area contributed by atoms with Crippen molar-refractivity contribution >= 4 is 33.9 Å². The fraction of sp³-hybridized carbons (Fsp3) is 0.133. The molecule has 0 saturated heterocycles. The van der Waals surface area contributed by atoms with Crippen LogP contribution in [0.1, 0.15) is 26.5 Å². The lowest BCUT2D eigenvalue weighted by molar-refractivity contribution is 0.0602. The highest BCUT2D eigenvalue weighted by Crippen LogP contribution is 2.25. The molecule has 3 rings (SSSR count). The lowest BCUT2D eigenvalue weighted by Gasteiger charge is -2.06. The maximum atomic E-state index is 12.6. The summed E-state index contributed by atoms with van der Waals surface area (Å²) in [6, 6.07) is 7.14. The van der Waals surface area contributed by atoms with E-state index in [0.29, 0.717) is 27.6 Å². The minimum absolute atomic E-state index is 0.316. The number of thiophene rings is 1. The molecule has 3 aromatic heterocycles. The first-order valence-corrected chi connectivity index (χ1v) is 7.40. The second kappa shape index (κ2) is 5.61. The van der Waals surface area contributed by atoms with E-state index in [2.05, 4.69) is 10.3 Å². The number of fused-ring (bicyclic) bond motifs is 1. The van der Waals surface area contributed by atoms with Crippen LogP contribution in [0.2, 0.25) is 0 Å². The van der Waals surface area contributed by atoms with E-state index in [1.165, 1.54) is 18.4 Å². The van der Waals surface area contributed by atoms with Crippen molar-refractivity contribution in [3.63, 3.8) is 0 Å². The number of aryl methyl sites for hydroxylation is 1. The summed E-state index contributed by atoms with van der Waals surface area (Å²) in [7, 11) is 1.31. The van der Waals surface area contributed by atoms with Gasteiger partial charge < -0.3 is 10.1 Å². The van der Waals surface area contributed by atoms with Gasteiger partial charge in [0.1, 0.15) is 16.3 Å². The Morgan fingerprint density at radius 1 is 1.32 bits per heavy atom. The van der Waals surface area contributed by atoms with Gasteiger partial charge in [-0.25, -0.2) is 9.78 Å². The third-order valence-electron chi connectivity index (χ3n) is 3.22. The molecule has 0 bridgehead atoms. The molecule has 22 heavy (non-hydrogen) atoms. The normalized spacial score (nSPS) is 10.6. The molecule has 7 heteroatoms. The Bertz CT molecular complexity index is 866. The molecule has 3 aromatic rings. The van der Waals surface area contributed by atoms with Gasteiger partial charge in [0.2, 0.25) is 0 Å². The number of amides is 1. The van der Waals surface area contributed by atoms with Gasteiger partial charge in [0.25, 0.3) is 5.91 Å². The van der Waals surface area contributed by atoms with Gasteiger partial charge in [-0.15, -0.1) is 11.3 Å². The van der Waals surface area contributed by atoms with Crippen LogP contribution in [0.4, 0.5) is 5.00 Å². The average Bonchev–Trinajstić information content (AvgIpc) is 3.09. The molecule has 112 valence electrons. The standard InChI is InChI=1S/C15H13N3O3S/c1-9-12(18-7-4-3-5-11(18)16-9)13(19)17-14-10(6-8-22-14)15(20)21-2/h3-8H,1-2H3,(H,17,19). The molecule has 0 aromatic carbocycles. The zero-order valence-corrected chi connectivity index (χ0v) is 12.8. The molecule has 0 saturated carbocycles. The number of imidazole rings is 1. The lowest BCUT2D eigenvalue weighted by atomic mass is 10.3. The molecule has 0 fully saturated rings. The zero-order chi connectivity index (χ0) is 15.7. The number of carbonyl (C=O) groups excluding carboxylic acids is 2. The Labute approximate surface area is 130 Å². The number of rotatable bonds is 3. The van der Waals surface area contributed by atoms with Crippen molar-refractivity contribution in [2.24, 2.45) is 0 Å². The van der Waals surface area contributed by atoms with E-state index in [0.717, 1.165) is 0 Å². The zero-order valence-electron chi connectivity index (χ0n) is 12.0. The summed E-state index contributed by atoms with van der Waals surface area (Å²) >= 11 is 1.27. The van der Waals surface area contributed by atoms with Crippen LogP contribution in [-0.2, 0) is 4.74 Å². The number of nitrogens with zero attached hydrogens (tertiary/aromatic N) is 2. The Kier molecular flexibility index (Phi) is 3.64. The Hall–Kier alpha value is -2.67. The molecule has 1 amide bonds. The SMILES string of the molecule is COC(=O)c1ccsc1NC(=O)c1c(C)nc2ccccn12. The molecule has 1 N–H and O–H groups in total. The largest absolute Gasteiger partial charge is 0.465 e. The summed E-state index contributed by atoms with van der Waals surface area (Å²) in [6.45, 7) is 1.78. The highest BCUT2D eigenvalue weighted by molar-refractivity contribution is 7.14. The van der Waals surface area contributed by atoms with Crippen molar-refractivity contribution in [1.82, 2.24) is 9.38 Å². The van der Waals surface area contributed by atoms with Gasteiger partial charge in [0, 0.05) is 6.20 Å². The fourth-order valence-electron chi connectivity index (χ4n) is 2.23. The minimum Gasteiger partial charge on any atom is -0.465 e. The highest BCUT2D eigenvalue weighted by Gasteiger charge is 2.20. The van der Waals surface area contributed by atoms with Gasteiger partial charge in [-0.1, -0.05) is 6.07 Å². The van der Waals surface area contributed by atoms with Crippen molar-refractivity contribution in [3.8, 4) is 0 Å². The summed E-state index contributed by atoms with van der Waals surface area (Å²) in [5.74, 6) is -0.796. The number of carbonyl (C=O) groups is 2. The third kappa shape index (κ3) is 2.35. The summed E-state index contributed by atoms with van der Waals surface area (Å²) in [5, 5.41) is 4.94. The Morgan fingerprint density at radius 3 is 2.91 bits per heavy atom. The number of ether oxygens (including phenoxy) is 1. The number of anilines is 1. The molecule has 0 aliphatic rings. The number of pyridine rings is 1. The number of esters is 1. The molecule has 0 aliphatic heterocycles. The van der Waals surface area contributed by atoms with Crippen LogP contribution < -0.4 is 5.32 Å². The Morgan fingerprint density at radius 2 is 2.14 bits per heavy atom. The van der Waals surface area contributed by atoms with Crippen LogP contribution in [0, 0.1) is 6.92 Å². The van der Waals surface area contributed by atoms with E-state index >= 15 is 0 Å². The average molecular weight is 315 g/mol.